The summed E-state index contributed by atoms with van der Waals surface area (Å²) >= 11 is 0. The molecule has 0 radical (unpaired) electrons. The summed E-state index contributed by atoms with van der Waals surface area (Å²) in [6, 6.07) is 14.1. The molecule has 0 unspecified atom stereocenters. The monoisotopic (exact) mass is 352 g/mol. The third-order valence-electron chi connectivity index (χ3n) is 4.54. The highest BCUT2D eigenvalue weighted by atomic mass is 16.5. The first-order valence-electron chi connectivity index (χ1n) is 9.00. The van der Waals surface area contributed by atoms with Crippen LogP contribution in [0.15, 0.2) is 42.5 Å². The molecule has 136 valence electrons. The molecule has 4 heteroatoms. The van der Waals surface area contributed by atoms with Crippen molar-refractivity contribution in [3.8, 4) is 34.1 Å². The van der Waals surface area contributed by atoms with Crippen LogP contribution in [0.3, 0.4) is 0 Å². The van der Waals surface area contributed by atoms with E-state index in [9.17, 15) is 0 Å². The number of rotatable bonds is 6. The fraction of sp³-hybridized carbons (Fsp3) is 0.318. The Bertz CT molecular complexity index is 842. The Kier molecular flexibility index (Phi) is 5.31. The van der Waals surface area contributed by atoms with Crippen LogP contribution >= 0.6 is 0 Å². The van der Waals surface area contributed by atoms with E-state index in [1.165, 1.54) is 0 Å². The second kappa shape index (κ2) is 7.65. The van der Waals surface area contributed by atoms with Gasteiger partial charge in [0.15, 0.2) is 11.4 Å². The van der Waals surface area contributed by atoms with Gasteiger partial charge in [-0.1, -0.05) is 12.1 Å². The maximum Gasteiger partial charge on any atom is 0.214 e. The van der Waals surface area contributed by atoms with Crippen LogP contribution in [0.25, 0.3) is 16.8 Å². The van der Waals surface area contributed by atoms with Crippen molar-refractivity contribution in [2.24, 2.45) is 0 Å². The van der Waals surface area contributed by atoms with Crippen molar-refractivity contribution in [3.05, 3.63) is 53.9 Å². The largest absolute Gasteiger partial charge is 0.497 e. The quantitative estimate of drug-likeness (QED) is 0.613. The zero-order valence-corrected chi connectivity index (χ0v) is 16.1. The van der Waals surface area contributed by atoms with Crippen LogP contribution in [0.1, 0.15) is 25.2 Å². The molecule has 3 rings (SSSR count). The van der Waals surface area contributed by atoms with Gasteiger partial charge in [0.05, 0.1) is 26.4 Å². The smallest absolute Gasteiger partial charge is 0.214 e. The minimum Gasteiger partial charge on any atom is -0.497 e. The first kappa shape index (κ1) is 18.1. The van der Waals surface area contributed by atoms with Gasteiger partial charge >= 0.3 is 0 Å². The average Bonchev–Trinajstić information content (AvgIpc) is 2.78. The molecule has 1 aromatic carbocycles. The van der Waals surface area contributed by atoms with Crippen LogP contribution in [-0.4, -0.2) is 20.3 Å². The van der Waals surface area contributed by atoms with Gasteiger partial charge in [0.1, 0.15) is 28.4 Å². The maximum atomic E-state index is 5.95. The summed E-state index contributed by atoms with van der Waals surface area (Å²) in [7, 11) is 1.69. The van der Waals surface area contributed by atoms with Gasteiger partial charge < -0.3 is 14.2 Å². The summed E-state index contributed by atoms with van der Waals surface area (Å²) in [5.74, 6) is 2.58. The summed E-state index contributed by atoms with van der Waals surface area (Å²) in [4.78, 5) is 0. The molecule has 0 saturated carbocycles. The predicted molar refractivity (Wildman–Crippen MR) is 103 cm³/mol. The molecule has 1 aromatic rings. The Labute approximate surface area is 155 Å². The van der Waals surface area contributed by atoms with Crippen molar-refractivity contribution < 1.29 is 18.8 Å². The molecule has 0 aromatic heterocycles. The number of hydrogen-bond donors (Lipinski definition) is 0. The van der Waals surface area contributed by atoms with Gasteiger partial charge in [0.2, 0.25) is 5.69 Å². The molecular weight excluding hydrogens is 326 g/mol. The fourth-order valence-electron chi connectivity index (χ4n) is 3.52. The highest BCUT2D eigenvalue weighted by molar-refractivity contribution is 5.80. The van der Waals surface area contributed by atoms with Gasteiger partial charge in [-0.3, -0.25) is 0 Å². The molecule has 0 amide bonds. The molecule has 0 bridgehead atoms. The Morgan fingerprint density at radius 3 is 1.85 bits per heavy atom. The molecule has 0 atom stereocenters. The third-order valence-corrected chi connectivity index (χ3v) is 4.54. The van der Waals surface area contributed by atoms with Crippen LogP contribution < -0.4 is 18.8 Å². The zero-order chi connectivity index (χ0) is 18.7. The molecule has 1 aliphatic heterocycles. The summed E-state index contributed by atoms with van der Waals surface area (Å²) in [6.45, 7) is 9.48. The molecule has 0 fully saturated rings. The second-order valence-electron chi connectivity index (χ2n) is 6.08. The van der Waals surface area contributed by atoms with Crippen molar-refractivity contribution in [1.82, 2.24) is 0 Å². The van der Waals surface area contributed by atoms with E-state index in [0.29, 0.717) is 13.2 Å². The van der Waals surface area contributed by atoms with E-state index in [-0.39, 0.29) is 0 Å². The first-order chi connectivity index (χ1) is 12.6. The number of nitrogens with zero attached hydrogens (tertiary/aromatic N) is 1. The van der Waals surface area contributed by atoms with Crippen LogP contribution in [0, 0.1) is 13.8 Å². The number of benzene rings is 1. The minimum absolute atomic E-state index is 0.617. The maximum absolute atomic E-state index is 5.95. The minimum atomic E-state index is 0.617. The number of fused-ring (bicyclic) bond motifs is 1. The standard InChI is InChI=1S/C22H26NO3/c1-6-25-19-12-9-13-20(26-7-2)22-16(4)23(15(3)21(19)22)17-10-8-11-18(14-17)24-5/h8-14H,6-7H2,1-5H3/q+1. The van der Waals surface area contributed by atoms with E-state index >= 15 is 0 Å². The van der Waals surface area contributed by atoms with E-state index in [4.69, 9.17) is 14.2 Å². The molecule has 0 spiro atoms. The highest BCUT2D eigenvalue weighted by Gasteiger charge is 2.33. The Hall–Kier alpha value is -2.75. The van der Waals surface area contributed by atoms with Crippen molar-refractivity contribution in [1.29, 1.82) is 0 Å². The molecule has 4 nitrogen and oxygen atoms in total. The van der Waals surface area contributed by atoms with E-state index in [1.54, 1.807) is 7.11 Å². The lowest BCUT2D eigenvalue weighted by Crippen LogP contribution is -2.34. The fourth-order valence-corrected chi connectivity index (χ4v) is 3.52. The van der Waals surface area contributed by atoms with Gasteiger partial charge in [-0.2, -0.15) is 4.57 Å². The number of aromatic nitrogens is 1. The molecule has 26 heavy (non-hydrogen) atoms. The normalized spacial score (nSPS) is 10.8. The van der Waals surface area contributed by atoms with Crippen molar-refractivity contribution in [3.63, 3.8) is 0 Å². The highest BCUT2D eigenvalue weighted by Crippen LogP contribution is 2.42. The number of methoxy groups -OCH3 is 1. The van der Waals surface area contributed by atoms with Crippen LogP contribution in [0.5, 0.6) is 17.2 Å². The number of ether oxygens (including phenoxy) is 3. The summed E-state index contributed by atoms with van der Waals surface area (Å²) in [5.41, 5.74) is 5.46. The van der Waals surface area contributed by atoms with E-state index in [1.807, 2.05) is 50.2 Å². The summed E-state index contributed by atoms with van der Waals surface area (Å²) in [5, 5.41) is 0. The molecule has 1 aliphatic carbocycles. The molecule has 0 saturated heterocycles. The topological polar surface area (TPSA) is 31.6 Å². The predicted octanol–water partition coefficient (Wildman–Crippen LogP) is 4.49. The third kappa shape index (κ3) is 3.07. The Morgan fingerprint density at radius 2 is 1.35 bits per heavy atom. The molecule has 0 N–H and O–H groups in total. The summed E-state index contributed by atoms with van der Waals surface area (Å²) in [6.07, 6.45) is 0. The molecular formula is C22H26NO3+. The van der Waals surface area contributed by atoms with Crippen molar-refractivity contribution >= 4 is 0 Å². The Morgan fingerprint density at radius 1 is 0.808 bits per heavy atom. The van der Waals surface area contributed by atoms with E-state index < -0.39 is 0 Å². The van der Waals surface area contributed by atoms with Gasteiger partial charge in [0.25, 0.3) is 0 Å². The zero-order valence-electron chi connectivity index (χ0n) is 16.1. The lowest BCUT2D eigenvalue weighted by atomic mass is 10.1. The van der Waals surface area contributed by atoms with Crippen molar-refractivity contribution in [2.45, 2.75) is 27.7 Å². The molecule has 1 heterocycles. The lowest BCUT2D eigenvalue weighted by molar-refractivity contribution is -0.604. The van der Waals surface area contributed by atoms with Gasteiger partial charge in [-0.15, -0.1) is 0 Å². The van der Waals surface area contributed by atoms with E-state index in [0.717, 1.165) is 45.5 Å². The molecule has 2 aliphatic rings. The second-order valence-corrected chi connectivity index (χ2v) is 6.08. The van der Waals surface area contributed by atoms with Gasteiger partial charge in [-0.25, -0.2) is 0 Å². The van der Waals surface area contributed by atoms with Crippen LogP contribution in [-0.2, 0) is 0 Å². The lowest BCUT2D eigenvalue weighted by Gasteiger charge is -2.06. The first-order valence-corrected chi connectivity index (χ1v) is 9.00. The van der Waals surface area contributed by atoms with Crippen LogP contribution in [0.2, 0.25) is 0 Å². The average molecular weight is 352 g/mol. The SMILES string of the molecule is CCOc1cccc(OCC)c2c(C)[n+](-c3cccc(OC)c3)c(C)c1-2. The van der Waals surface area contributed by atoms with E-state index in [2.05, 4.69) is 24.5 Å². The van der Waals surface area contributed by atoms with Crippen molar-refractivity contribution in [2.75, 3.05) is 20.3 Å². The van der Waals surface area contributed by atoms with Crippen LogP contribution in [0.4, 0.5) is 0 Å². The summed E-state index contributed by atoms with van der Waals surface area (Å²) < 4.78 is 19.5. The van der Waals surface area contributed by atoms with Gasteiger partial charge in [0, 0.05) is 19.9 Å². The Balaban J connectivity index is 2.35. The number of hydrogen-bond acceptors (Lipinski definition) is 3. The van der Waals surface area contributed by atoms with Gasteiger partial charge in [-0.05, 0) is 32.0 Å².